The molecule has 0 aliphatic carbocycles. The summed E-state index contributed by atoms with van der Waals surface area (Å²) in [5, 5.41) is 25.8. The Kier molecular flexibility index (Phi) is 6.37. The Hall–Kier alpha value is -2.67. The van der Waals surface area contributed by atoms with Gasteiger partial charge in [0.05, 0.1) is 10.2 Å². The van der Waals surface area contributed by atoms with Gasteiger partial charge in [0.25, 0.3) is 0 Å². The first-order chi connectivity index (χ1) is 13.8. The molecule has 10 nitrogen and oxygen atoms in total. The summed E-state index contributed by atoms with van der Waals surface area (Å²) < 4.78 is 43.5. The fraction of sp³-hybridized carbons (Fsp3) is 0.312. The zero-order valence-electron chi connectivity index (χ0n) is 15.3. The molecule has 0 unspecified atom stereocenters. The van der Waals surface area contributed by atoms with Gasteiger partial charge in [-0.2, -0.15) is 0 Å². The van der Waals surface area contributed by atoms with Crippen LogP contribution in [0, 0.1) is 5.82 Å². The Balaban J connectivity index is 1.70. The van der Waals surface area contributed by atoms with Gasteiger partial charge in [0.1, 0.15) is 5.82 Å². The molecule has 0 saturated carbocycles. The van der Waals surface area contributed by atoms with Crippen LogP contribution >= 0.6 is 15.9 Å². The molecule has 1 aliphatic rings. The molecule has 2 aromatic rings. The van der Waals surface area contributed by atoms with Crippen LogP contribution in [0.1, 0.15) is 19.0 Å². The van der Waals surface area contributed by atoms with E-state index in [4.69, 9.17) is 4.63 Å². The lowest BCUT2D eigenvalue weighted by molar-refractivity contribution is 0.305. The van der Waals surface area contributed by atoms with Crippen molar-refractivity contribution in [2.45, 2.75) is 13.3 Å². The third kappa shape index (κ3) is 4.85. The van der Waals surface area contributed by atoms with Crippen LogP contribution in [0.5, 0.6) is 0 Å². The molecule has 0 atom stereocenters. The van der Waals surface area contributed by atoms with Crippen LogP contribution in [0.4, 0.5) is 15.9 Å². The molecule has 0 bridgehead atoms. The fourth-order valence-corrected chi connectivity index (χ4v) is 3.99. The number of nitrogens with one attached hydrogen (secondary N) is 2. The molecule has 0 amide bonds. The normalized spacial score (nSPS) is 14.8. The van der Waals surface area contributed by atoms with E-state index in [2.05, 4.69) is 42.0 Å². The molecule has 0 spiro atoms. The molecular weight excluding hydrogens is 471 g/mol. The Morgan fingerprint density at radius 1 is 1.45 bits per heavy atom. The lowest BCUT2D eigenvalue weighted by atomic mass is 10.2. The first-order valence-corrected chi connectivity index (χ1v) is 10.9. The number of benzene rings is 1. The number of aromatic nitrogens is 2. The zero-order chi connectivity index (χ0) is 21.0. The predicted octanol–water partition coefficient (Wildman–Crippen LogP) is 2.57. The number of hydrogen-bond donors (Lipinski definition) is 3. The second kappa shape index (κ2) is 8.78. The molecule has 1 aromatic heterocycles. The van der Waals surface area contributed by atoms with Gasteiger partial charge in [-0.3, -0.25) is 4.31 Å². The lowest BCUT2D eigenvalue weighted by Crippen LogP contribution is -2.25. The number of halogens is 2. The summed E-state index contributed by atoms with van der Waals surface area (Å²) in [6.07, 6.45) is 2.17. The minimum absolute atomic E-state index is 0.0308. The van der Waals surface area contributed by atoms with Crippen LogP contribution in [0.3, 0.4) is 0 Å². The molecule has 13 heteroatoms. The Bertz CT molecular complexity index is 1060. The number of oxime groups is 1. The second-order valence-electron chi connectivity index (χ2n) is 6.07. The largest absolute Gasteiger partial charge is 0.409 e. The summed E-state index contributed by atoms with van der Waals surface area (Å²) in [5.41, 5.74) is 1.40. The van der Waals surface area contributed by atoms with E-state index in [1.807, 2.05) is 0 Å². The molecule has 0 fully saturated rings. The smallest absolute Gasteiger partial charge is 0.234 e. The first-order valence-electron chi connectivity index (χ1n) is 8.54. The maximum absolute atomic E-state index is 13.4. The minimum Gasteiger partial charge on any atom is -0.409 e. The molecule has 156 valence electrons. The van der Waals surface area contributed by atoms with Gasteiger partial charge in [0.2, 0.25) is 21.7 Å². The summed E-state index contributed by atoms with van der Waals surface area (Å²) >= 11 is 3.08. The number of sulfonamides is 1. The van der Waals surface area contributed by atoms with Gasteiger partial charge in [0.15, 0.2) is 5.69 Å². The highest BCUT2D eigenvalue weighted by molar-refractivity contribution is 9.10. The van der Waals surface area contributed by atoms with Crippen molar-refractivity contribution in [3.63, 3.8) is 0 Å². The van der Waals surface area contributed by atoms with Crippen molar-refractivity contribution in [1.29, 1.82) is 0 Å². The highest BCUT2D eigenvalue weighted by Gasteiger charge is 2.23. The number of nitrogens with zero attached hydrogens (tertiary/aromatic N) is 4. The van der Waals surface area contributed by atoms with Crippen molar-refractivity contribution < 1.29 is 22.6 Å². The first kappa shape index (κ1) is 21.0. The van der Waals surface area contributed by atoms with Crippen molar-refractivity contribution >= 4 is 43.3 Å². The van der Waals surface area contributed by atoms with Crippen LogP contribution in [0.15, 0.2) is 44.2 Å². The highest BCUT2D eigenvalue weighted by Crippen LogP contribution is 2.22. The topological polar surface area (TPSA) is 133 Å². The molecular formula is C16H18BrFN6O4S. The van der Waals surface area contributed by atoms with Crippen molar-refractivity contribution in [2.24, 2.45) is 5.16 Å². The molecule has 0 saturated heterocycles. The van der Waals surface area contributed by atoms with Gasteiger partial charge < -0.3 is 15.8 Å². The standard InChI is InChI=1S/C16H18BrFN6O4S/c1-2-29(26,27)24-6-5-10(9-24)8-19-15-14(22-28-23-15)16(21-25)20-11-3-4-13(18)12(17)7-11/h3-4,7,9,25H,2,5-6,8H2,1H3,(H,19,23)(H,20,21). The Morgan fingerprint density at radius 2 is 2.24 bits per heavy atom. The van der Waals surface area contributed by atoms with E-state index in [1.54, 1.807) is 13.1 Å². The number of rotatable bonds is 7. The monoisotopic (exact) mass is 488 g/mol. The van der Waals surface area contributed by atoms with E-state index in [1.165, 1.54) is 22.5 Å². The number of anilines is 2. The van der Waals surface area contributed by atoms with Gasteiger partial charge in [-0.25, -0.2) is 17.4 Å². The SMILES string of the molecule is CCS(=O)(=O)N1C=C(CNc2nonc2/C(=N/O)Nc2ccc(F)c(Br)c2)CC1. The molecule has 1 aromatic carbocycles. The number of hydrogen-bond acceptors (Lipinski definition) is 8. The summed E-state index contributed by atoms with van der Waals surface area (Å²) in [5.74, 6) is -0.275. The molecule has 2 heterocycles. The molecule has 0 radical (unpaired) electrons. The average molecular weight is 489 g/mol. The summed E-state index contributed by atoms with van der Waals surface area (Å²) in [6.45, 7) is 2.29. The van der Waals surface area contributed by atoms with Crippen LogP contribution in [0.25, 0.3) is 0 Å². The second-order valence-corrected chi connectivity index (χ2v) is 9.13. The highest BCUT2D eigenvalue weighted by atomic mass is 79.9. The van der Waals surface area contributed by atoms with Gasteiger partial charge in [-0.1, -0.05) is 5.16 Å². The van der Waals surface area contributed by atoms with Gasteiger partial charge in [-0.15, -0.1) is 0 Å². The van der Waals surface area contributed by atoms with Crippen molar-refractivity contribution in [1.82, 2.24) is 14.6 Å². The van der Waals surface area contributed by atoms with E-state index in [-0.39, 0.29) is 27.6 Å². The van der Waals surface area contributed by atoms with E-state index in [9.17, 15) is 18.0 Å². The summed E-state index contributed by atoms with van der Waals surface area (Å²) in [4.78, 5) is 0. The van der Waals surface area contributed by atoms with E-state index in [0.717, 1.165) is 5.57 Å². The molecule has 3 rings (SSSR count). The fourth-order valence-electron chi connectivity index (χ4n) is 2.61. The predicted molar refractivity (Wildman–Crippen MR) is 108 cm³/mol. The Labute approximate surface area is 174 Å². The van der Waals surface area contributed by atoms with E-state index >= 15 is 0 Å². The summed E-state index contributed by atoms with van der Waals surface area (Å²) in [7, 11) is -3.28. The van der Waals surface area contributed by atoms with Crippen LogP contribution in [0.2, 0.25) is 0 Å². The van der Waals surface area contributed by atoms with E-state index < -0.39 is 15.8 Å². The van der Waals surface area contributed by atoms with Crippen molar-refractivity contribution in [3.05, 3.63) is 46.0 Å². The number of amidine groups is 1. The molecule has 3 N–H and O–H groups in total. The van der Waals surface area contributed by atoms with Gasteiger partial charge >= 0.3 is 0 Å². The van der Waals surface area contributed by atoms with Gasteiger partial charge in [-0.05, 0) is 63.4 Å². The maximum Gasteiger partial charge on any atom is 0.234 e. The maximum atomic E-state index is 13.4. The van der Waals surface area contributed by atoms with Crippen LogP contribution < -0.4 is 10.6 Å². The van der Waals surface area contributed by atoms with Crippen molar-refractivity contribution in [2.75, 3.05) is 29.5 Å². The third-order valence-corrected chi connectivity index (χ3v) is 6.52. The molecule has 29 heavy (non-hydrogen) atoms. The minimum atomic E-state index is -3.28. The Morgan fingerprint density at radius 3 is 2.93 bits per heavy atom. The van der Waals surface area contributed by atoms with Crippen LogP contribution in [-0.4, -0.2) is 52.9 Å². The van der Waals surface area contributed by atoms with Crippen molar-refractivity contribution in [3.8, 4) is 0 Å². The summed E-state index contributed by atoms with van der Waals surface area (Å²) in [6, 6.07) is 4.16. The third-order valence-electron chi connectivity index (χ3n) is 4.18. The molecule has 1 aliphatic heterocycles. The average Bonchev–Trinajstić information content (AvgIpc) is 3.37. The van der Waals surface area contributed by atoms with Crippen LogP contribution in [-0.2, 0) is 10.0 Å². The van der Waals surface area contributed by atoms with Gasteiger partial charge in [0, 0.05) is 25.0 Å². The quantitative estimate of drug-likeness (QED) is 0.234. The zero-order valence-corrected chi connectivity index (χ0v) is 17.7. The van der Waals surface area contributed by atoms with E-state index in [0.29, 0.717) is 25.2 Å². The lowest BCUT2D eigenvalue weighted by Gasteiger charge is -2.13.